The molecule has 1 aliphatic rings. The highest BCUT2D eigenvalue weighted by Gasteiger charge is 2.50. The Kier molecular flexibility index (Phi) is 9.44. The number of carbonyl (C=O) groups is 3. The van der Waals surface area contributed by atoms with Gasteiger partial charge in [0.1, 0.15) is 11.6 Å². The van der Waals surface area contributed by atoms with Gasteiger partial charge in [0, 0.05) is 29.7 Å². The van der Waals surface area contributed by atoms with Crippen molar-refractivity contribution < 1.29 is 28.2 Å². The van der Waals surface area contributed by atoms with Crippen LogP contribution in [0.25, 0.3) is 0 Å². The lowest BCUT2D eigenvalue weighted by molar-refractivity contribution is -0.142. The van der Waals surface area contributed by atoms with Crippen molar-refractivity contribution in [3.63, 3.8) is 0 Å². The summed E-state index contributed by atoms with van der Waals surface area (Å²) in [7, 11) is 1.62. The highest BCUT2D eigenvalue weighted by Crippen LogP contribution is 2.49. The normalized spacial score (nSPS) is 23.3. The summed E-state index contributed by atoms with van der Waals surface area (Å²) in [4.78, 5) is 40.9. The third-order valence-electron chi connectivity index (χ3n) is 6.18. The van der Waals surface area contributed by atoms with E-state index in [0.29, 0.717) is 11.3 Å². The van der Waals surface area contributed by atoms with Crippen LogP contribution in [-0.2, 0) is 19.1 Å². The summed E-state index contributed by atoms with van der Waals surface area (Å²) in [6, 6.07) is 5.98. The third kappa shape index (κ3) is 5.92. The van der Waals surface area contributed by atoms with Crippen molar-refractivity contribution in [3.05, 3.63) is 29.6 Å². The van der Waals surface area contributed by atoms with Crippen LogP contribution in [0.2, 0.25) is 0 Å². The van der Waals surface area contributed by atoms with Crippen LogP contribution in [0.5, 0.6) is 5.75 Å². The maximum absolute atomic E-state index is 14.0. The molecule has 5 atom stereocenters. The first-order chi connectivity index (χ1) is 15.5. The Bertz CT molecular complexity index is 932. The van der Waals surface area contributed by atoms with Gasteiger partial charge in [-0.25, -0.2) is 4.39 Å². The van der Waals surface area contributed by atoms with Gasteiger partial charge in [0.05, 0.1) is 44.1 Å². The van der Waals surface area contributed by atoms with Crippen LogP contribution in [0.4, 0.5) is 4.39 Å². The molecular formula is C24H33FN2O5S. The predicted octanol–water partition coefficient (Wildman–Crippen LogP) is 3.42. The van der Waals surface area contributed by atoms with Crippen LogP contribution in [0.3, 0.4) is 0 Å². The standard InChI is InChI=1S/C24H33FN2O5S/c1-14(2)27(5)23(29)15(3)21-22(28)16(4)33(24(21)30)13-20(32-11-7-10-26)18-12-17(25)8-9-19(18)31-6/h8-9,12,14-16,20-21,33H,7,11,13H2,1-6H3/t15-,16?,20-,21?/m0/s1. The van der Waals surface area contributed by atoms with Crippen molar-refractivity contribution in [1.82, 2.24) is 4.90 Å². The van der Waals surface area contributed by atoms with Gasteiger partial charge in [0.2, 0.25) is 5.91 Å². The first-order valence-electron chi connectivity index (χ1n) is 11.0. The fourth-order valence-corrected chi connectivity index (χ4v) is 6.67. The van der Waals surface area contributed by atoms with Gasteiger partial charge in [-0.1, -0.05) is 6.92 Å². The first-order valence-corrected chi connectivity index (χ1v) is 12.6. The summed E-state index contributed by atoms with van der Waals surface area (Å²) in [6.07, 6.45) is -0.595. The molecule has 9 heteroatoms. The van der Waals surface area contributed by atoms with Crippen LogP contribution < -0.4 is 4.74 Å². The summed E-state index contributed by atoms with van der Waals surface area (Å²) in [5.74, 6) is -2.12. The van der Waals surface area contributed by atoms with Crippen LogP contribution >= 0.6 is 10.9 Å². The van der Waals surface area contributed by atoms with E-state index in [9.17, 15) is 18.8 Å². The van der Waals surface area contributed by atoms with Gasteiger partial charge in [-0.2, -0.15) is 16.2 Å². The Morgan fingerprint density at radius 3 is 2.55 bits per heavy atom. The summed E-state index contributed by atoms with van der Waals surface area (Å²) >= 11 is 0. The Morgan fingerprint density at radius 1 is 1.30 bits per heavy atom. The number of Topliss-reactive ketones (excluding diaryl/α,β-unsaturated/α-hetero) is 1. The lowest BCUT2D eigenvalue weighted by Crippen LogP contribution is -2.42. The molecule has 1 aromatic rings. The van der Waals surface area contributed by atoms with Crippen LogP contribution in [0.1, 0.15) is 45.8 Å². The molecule has 2 rings (SSSR count). The molecule has 0 saturated carbocycles. The minimum atomic E-state index is -1.49. The summed E-state index contributed by atoms with van der Waals surface area (Å²) < 4.78 is 25.3. The highest BCUT2D eigenvalue weighted by atomic mass is 32.2. The van der Waals surface area contributed by atoms with E-state index < -0.39 is 39.9 Å². The smallest absolute Gasteiger partial charge is 0.226 e. The Hall–Kier alpha value is -2.44. The van der Waals surface area contributed by atoms with Gasteiger partial charge < -0.3 is 14.4 Å². The molecule has 0 aliphatic carbocycles. The van der Waals surface area contributed by atoms with Crippen molar-refractivity contribution in [2.75, 3.05) is 26.5 Å². The van der Waals surface area contributed by atoms with Gasteiger partial charge in [-0.15, -0.1) is 0 Å². The van der Waals surface area contributed by atoms with Crippen LogP contribution in [0, 0.1) is 29.0 Å². The predicted molar refractivity (Wildman–Crippen MR) is 126 cm³/mol. The molecule has 1 amide bonds. The fourth-order valence-electron chi connectivity index (χ4n) is 3.95. The monoisotopic (exact) mass is 480 g/mol. The number of ether oxygens (including phenoxy) is 2. The van der Waals surface area contributed by atoms with E-state index in [4.69, 9.17) is 14.7 Å². The molecule has 0 bridgehead atoms. The molecule has 182 valence electrons. The largest absolute Gasteiger partial charge is 0.496 e. The van der Waals surface area contributed by atoms with Gasteiger partial charge in [-0.05, 0) is 39.0 Å². The molecule has 3 unspecified atom stereocenters. The van der Waals surface area contributed by atoms with E-state index in [1.165, 1.54) is 25.3 Å². The molecule has 7 nitrogen and oxygen atoms in total. The number of amides is 1. The van der Waals surface area contributed by atoms with Crippen molar-refractivity contribution >= 4 is 27.7 Å². The van der Waals surface area contributed by atoms with E-state index in [-0.39, 0.29) is 41.6 Å². The number of nitrogens with zero attached hydrogens (tertiary/aromatic N) is 2. The SMILES string of the molecule is COc1ccc(F)cc1[C@H](C[SH]1C(=O)C([C@H](C)C(=O)N(C)C(C)C)C(=O)C1C)OCCC#N. The molecule has 1 saturated heterocycles. The number of hydrogen-bond acceptors (Lipinski definition) is 6. The minimum absolute atomic E-state index is 0.0520. The molecule has 1 aromatic carbocycles. The maximum Gasteiger partial charge on any atom is 0.226 e. The number of ketones is 1. The zero-order valence-electron chi connectivity index (χ0n) is 20.0. The molecule has 1 aliphatic heterocycles. The third-order valence-corrected chi connectivity index (χ3v) is 8.94. The van der Waals surface area contributed by atoms with Gasteiger partial charge in [0.25, 0.3) is 0 Å². The number of rotatable bonds is 10. The van der Waals surface area contributed by atoms with Gasteiger partial charge in [-0.3, -0.25) is 14.4 Å². The summed E-state index contributed by atoms with van der Waals surface area (Å²) in [5.41, 5.74) is 0.428. The van der Waals surface area contributed by atoms with Gasteiger partial charge in [0.15, 0.2) is 10.9 Å². The number of halogens is 1. The average Bonchev–Trinajstić information content (AvgIpc) is 2.99. The summed E-state index contributed by atoms with van der Waals surface area (Å²) in [6.45, 7) is 7.17. The van der Waals surface area contributed by atoms with Crippen molar-refractivity contribution in [3.8, 4) is 11.8 Å². The zero-order valence-corrected chi connectivity index (χ0v) is 20.9. The first kappa shape index (κ1) is 26.8. The topological polar surface area (TPSA) is 96.7 Å². The zero-order chi connectivity index (χ0) is 24.9. The molecule has 1 fully saturated rings. The number of methoxy groups -OCH3 is 1. The highest BCUT2D eigenvalue weighted by molar-refractivity contribution is 8.31. The Morgan fingerprint density at radius 2 is 1.97 bits per heavy atom. The minimum Gasteiger partial charge on any atom is -0.496 e. The molecule has 0 radical (unpaired) electrons. The second kappa shape index (κ2) is 11.6. The van der Waals surface area contributed by atoms with E-state index in [2.05, 4.69) is 0 Å². The van der Waals surface area contributed by atoms with Crippen molar-refractivity contribution in [1.29, 1.82) is 5.26 Å². The average molecular weight is 481 g/mol. The Labute approximate surface area is 197 Å². The lowest BCUT2D eigenvalue weighted by atomic mass is 9.89. The number of benzene rings is 1. The molecule has 0 aromatic heterocycles. The van der Waals surface area contributed by atoms with Crippen LogP contribution in [0.15, 0.2) is 18.2 Å². The lowest BCUT2D eigenvalue weighted by Gasteiger charge is -2.28. The fraction of sp³-hybridized carbons (Fsp3) is 0.583. The quantitative estimate of drug-likeness (QED) is 0.313. The molecule has 0 spiro atoms. The van der Waals surface area contributed by atoms with E-state index >= 15 is 0 Å². The van der Waals surface area contributed by atoms with E-state index in [1.54, 1.807) is 25.8 Å². The molecule has 1 heterocycles. The molecule has 33 heavy (non-hydrogen) atoms. The van der Waals surface area contributed by atoms with Crippen molar-refractivity contribution in [2.45, 2.75) is 51.5 Å². The number of thiol groups is 1. The second-order valence-corrected chi connectivity index (χ2v) is 11.1. The van der Waals surface area contributed by atoms with Crippen molar-refractivity contribution in [2.24, 2.45) is 11.8 Å². The second-order valence-electron chi connectivity index (χ2n) is 8.53. The number of nitriles is 1. The van der Waals surface area contributed by atoms with Gasteiger partial charge >= 0.3 is 0 Å². The molecule has 0 N–H and O–H groups in total. The number of carbonyl (C=O) groups excluding carboxylic acids is 3. The maximum atomic E-state index is 14.0. The molecular weight excluding hydrogens is 447 g/mol. The Balaban J connectivity index is 2.34. The summed E-state index contributed by atoms with van der Waals surface area (Å²) in [5, 5.41) is 8.11. The van der Waals surface area contributed by atoms with Crippen LogP contribution in [-0.4, -0.2) is 59.5 Å². The van der Waals surface area contributed by atoms with E-state index in [0.717, 1.165) is 0 Å². The van der Waals surface area contributed by atoms with E-state index in [1.807, 2.05) is 19.9 Å². The number of hydrogen-bond donors (Lipinski definition) is 1.